The van der Waals surface area contributed by atoms with Crippen LogP contribution in [0.2, 0.25) is 0 Å². The maximum atomic E-state index is 14.3. The van der Waals surface area contributed by atoms with Crippen molar-refractivity contribution in [1.29, 1.82) is 0 Å². The first kappa shape index (κ1) is 9.45. The first-order valence-corrected chi connectivity index (χ1v) is 5.49. The molecule has 1 saturated heterocycles. The monoisotopic (exact) mass is 185 g/mol. The van der Waals surface area contributed by atoms with Crippen LogP contribution in [-0.4, -0.2) is 18.8 Å². The van der Waals surface area contributed by atoms with Crippen molar-refractivity contribution in [1.82, 2.24) is 5.32 Å². The molecule has 13 heavy (non-hydrogen) atoms. The standard InChI is InChI=1S/C11H20FN/c1-8(2)3-11(12)4-9-6-13-7-10(9)5-11/h8-10,13H,3-7H2,1-2H3. The summed E-state index contributed by atoms with van der Waals surface area (Å²) in [7, 11) is 0. The van der Waals surface area contributed by atoms with Crippen LogP contribution in [0.25, 0.3) is 0 Å². The third-order valence-electron chi connectivity index (χ3n) is 3.51. The average molecular weight is 185 g/mol. The molecule has 76 valence electrons. The summed E-state index contributed by atoms with van der Waals surface area (Å²) in [6, 6.07) is 0. The highest BCUT2D eigenvalue weighted by atomic mass is 19.1. The summed E-state index contributed by atoms with van der Waals surface area (Å²) >= 11 is 0. The van der Waals surface area contributed by atoms with Gasteiger partial charge in [0.05, 0.1) is 0 Å². The van der Waals surface area contributed by atoms with Gasteiger partial charge in [-0.15, -0.1) is 0 Å². The van der Waals surface area contributed by atoms with Crippen LogP contribution in [0.1, 0.15) is 33.1 Å². The molecule has 0 aromatic rings. The highest BCUT2D eigenvalue weighted by molar-refractivity contribution is 4.99. The SMILES string of the molecule is CC(C)CC1(F)CC2CNCC2C1. The number of hydrogen-bond donors (Lipinski definition) is 1. The van der Waals surface area contributed by atoms with Crippen LogP contribution in [0, 0.1) is 17.8 Å². The van der Waals surface area contributed by atoms with Gasteiger partial charge in [-0.25, -0.2) is 4.39 Å². The fourth-order valence-corrected chi connectivity index (χ4v) is 3.19. The minimum atomic E-state index is -0.828. The Hall–Kier alpha value is -0.110. The predicted molar refractivity (Wildman–Crippen MR) is 52.4 cm³/mol. The molecule has 1 nitrogen and oxygen atoms in total. The van der Waals surface area contributed by atoms with Gasteiger partial charge in [-0.3, -0.25) is 0 Å². The summed E-state index contributed by atoms with van der Waals surface area (Å²) in [6.45, 7) is 6.34. The molecule has 1 saturated carbocycles. The van der Waals surface area contributed by atoms with Crippen LogP contribution in [0.5, 0.6) is 0 Å². The van der Waals surface area contributed by atoms with Crippen LogP contribution >= 0.6 is 0 Å². The van der Waals surface area contributed by atoms with Gasteiger partial charge in [-0.2, -0.15) is 0 Å². The van der Waals surface area contributed by atoms with Crippen LogP contribution in [0.15, 0.2) is 0 Å². The molecule has 0 aromatic heterocycles. The Kier molecular flexibility index (Phi) is 2.35. The van der Waals surface area contributed by atoms with E-state index in [1.165, 1.54) is 0 Å². The van der Waals surface area contributed by atoms with Gasteiger partial charge in [0, 0.05) is 0 Å². The maximum Gasteiger partial charge on any atom is 0.112 e. The van der Waals surface area contributed by atoms with Gasteiger partial charge in [-0.05, 0) is 50.1 Å². The highest BCUT2D eigenvalue weighted by Gasteiger charge is 2.47. The summed E-state index contributed by atoms with van der Waals surface area (Å²) in [5.41, 5.74) is -0.828. The minimum absolute atomic E-state index is 0.497. The van der Waals surface area contributed by atoms with Crippen molar-refractivity contribution in [2.45, 2.75) is 38.8 Å². The Labute approximate surface area is 80.1 Å². The summed E-state index contributed by atoms with van der Waals surface area (Å²) in [5, 5.41) is 3.35. The summed E-state index contributed by atoms with van der Waals surface area (Å²) < 4.78 is 14.3. The number of rotatable bonds is 2. The quantitative estimate of drug-likeness (QED) is 0.696. The lowest BCUT2D eigenvalue weighted by molar-refractivity contribution is 0.127. The lowest BCUT2D eigenvalue weighted by atomic mass is 9.91. The number of hydrogen-bond acceptors (Lipinski definition) is 1. The molecule has 2 heteroatoms. The Morgan fingerprint density at radius 1 is 1.31 bits per heavy atom. The second-order valence-electron chi connectivity index (χ2n) is 5.34. The van der Waals surface area contributed by atoms with Crippen molar-refractivity contribution < 1.29 is 4.39 Å². The lowest BCUT2D eigenvalue weighted by Crippen LogP contribution is -2.25. The predicted octanol–water partition coefficient (Wildman–Crippen LogP) is 2.37. The van der Waals surface area contributed by atoms with Crippen molar-refractivity contribution in [3.8, 4) is 0 Å². The van der Waals surface area contributed by atoms with Crippen molar-refractivity contribution in [2.24, 2.45) is 17.8 Å². The molecule has 0 bridgehead atoms. The van der Waals surface area contributed by atoms with E-state index in [1.807, 2.05) is 0 Å². The van der Waals surface area contributed by atoms with E-state index in [0.29, 0.717) is 17.8 Å². The molecule has 2 fully saturated rings. The van der Waals surface area contributed by atoms with Gasteiger partial charge in [0.2, 0.25) is 0 Å². The van der Waals surface area contributed by atoms with Crippen molar-refractivity contribution in [3.63, 3.8) is 0 Å². The molecule has 2 unspecified atom stereocenters. The third kappa shape index (κ3) is 1.88. The molecule has 0 radical (unpaired) electrons. The topological polar surface area (TPSA) is 12.0 Å². The highest BCUT2D eigenvalue weighted by Crippen LogP contribution is 2.46. The van der Waals surface area contributed by atoms with E-state index in [9.17, 15) is 4.39 Å². The van der Waals surface area contributed by atoms with E-state index in [-0.39, 0.29) is 0 Å². The number of nitrogens with one attached hydrogen (secondary N) is 1. The number of fused-ring (bicyclic) bond motifs is 1. The van der Waals surface area contributed by atoms with Gasteiger partial charge in [0.25, 0.3) is 0 Å². The van der Waals surface area contributed by atoms with Gasteiger partial charge < -0.3 is 5.32 Å². The fourth-order valence-electron chi connectivity index (χ4n) is 3.19. The molecule has 0 spiro atoms. The Morgan fingerprint density at radius 3 is 2.31 bits per heavy atom. The van der Waals surface area contributed by atoms with Gasteiger partial charge in [0.15, 0.2) is 0 Å². The molecular formula is C11H20FN. The van der Waals surface area contributed by atoms with E-state index in [2.05, 4.69) is 19.2 Å². The Morgan fingerprint density at radius 2 is 1.85 bits per heavy atom. The van der Waals surface area contributed by atoms with E-state index >= 15 is 0 Å². The summed E-state index contributed by atoms with van der Waals surface area (Å²) in [4.78, 5) is 0. The van der Waals surface area contributed by atoms with E-state index in [0.717, 1.165) is 32.4 Å². The van der Waals surface area contributed by atoms with Gasteiger partial charge >= 0.3 is 0 Å². The zero-order valence-corrected chi connectivity index (χ0v) is 8.65. The smallest absolute Gasteiger partial charge is 0.112 e. The number of halogens is 1. The molecule has 0 amide bonds. The van der Waals surface area contributed by atoms with Crippen LogP contribution in [0.3, 0.4) is 0 Å². The lowest BCUT2D eigenvalue weighted by Gasteiger charge is -2.22. The molecule has 1 aliphatic heterocycles. The van der Waals surface area contributed by atoms with Gasteiger partial charge in [-0.1, -0.05) is 13.8 Å². The van der Waals surface area contributed by atoms with Gasteiger partial charge in [0.1, 0.15) is 5.67 Å². The Bertz CT molecular complexity index is 179. The molecule has 1 N–H and O–H groups in total. The average Bonchev–Trinajstić information content (AvgIpc) is 2.41. The molecule has 2 aliphatic rings. The van der Waals surface area contributed by atoms with E-state index < -0.39 is 5.67 Å². The largest absolute Gasteiger partial charge is 0.316 e. The molecule has 2 atom stereocenters. The Balaban J connectivity index is 1.96. The van der Waals surface area contributed by atoms with Crippen molar-refractivity contribution >= 4 is 0 Å². The summed E-state index contributed by atoms with van der Waals surface area (Å²) in [6.07, 6.45) is 2.38. The maximum absolute atomic E-state index is 14.3. The zero-order valence-electron chi connectivity index (χ0n) is 8.65. The molecule has 1 aliphatic carbocycles. The normalized spacial score (nSPS) is 44.3. The molecular weight excluding hydrogens is 165 g/mol. The molecule has 1 heterocycles. The molecule has 2 rings (SSSR count). The number of alkyl halides is 1. The van der Waals surface area contributed by atoms with Crippen LogP contribution in [0.4, 0.5) is 4.39 Å². The van der Waals surface area contributed by atoms with Crippen molar-refractivity contribution in [3.05, 3.63) is 0 Å². The fraction of sp³-hybridized carbons (Fsp3) is 1.00. The molecule has 0 aromatic carbocycles. The summed E-state index contributed by atoms with van der Waals surface area (Å²) in [5.74, 6) is 1.75. The third-order valence-corrected chi connectivity index (χ3v) is 3.51. The second-order valence-corrected chi connectivity index (χ2v) is 5.34. The zero-order chi connectivity index (χ0) is 9.47. The first-order valence-electron chi connectivity index (χ1n) is 5.49. The first-order chi connectivity index (χ1) is 6.09. The van der Waals surface area contributed by atoms with Crippen LogP contribution < -0.4 is 5.32 Å². The van der Waals surface area contributed by atoms with Crippen LogP contribution in [-0.2, 0) is 0 Å². The van der Waals surface area contributed by atoms with Crippen molar-refractivity contribution in [2.75, 3.05) is 13.1 Å². The minimum Gasteiger partial charge on any atom is -0.316 e. The van der Waals surface area contributed by atoms with E-state index in [1.54, 1.807) is 0 Å². The second kappa shape index (κ2) is 3.23. The van der Waals surface area contributed by atoms with E-state index in [4.69, 9.17) is 0 Å².